The summed E-state index contributed by atoms with van der Waals surface area (Å²) in [7, 11) is 6.12. The quantitative estimate of drug-likeness (QED) is 0.272. The Balaban J connectivity index is 2.00. The van der Waals surface area contributed by atoms with E-state index in [2.05, 4.69) is 4.99 Å². The van der Waals surface area contributed by atoms with Crippen LogP contribution in [0.3, 0.4) is 0 Å². The number of hydrogen-bond donors (Lipinski definition) is 0. The third-order valence-electron chi connectivity index (χ3n) is 5.24. The molecule has 0 bridgehead atoms. The summed E-state index contributed by atoms with van der Waals surface area (Å²) in [6.45, 7) is 0. The van der Waals surface area contributed by atoms with Crippen LogP contribution in [-0.2, 0) is 0 Å². The third kappa shape index (κ3) is 4.36. The van der Waals surface area contributed by atoms with Gasteiger partial charge in [-0.25, -0.2) is 4.99 Å². The maximum absolute atomic E-state index is 11.7. The molecule has 0 fully saturated rings. The standard InChI is InChI=1S/C25H22N2O7/c1-30-16-7-10-22-18(12-16)20(26-19-8-6-17(31-2)13-21(19)27(28)29)14-24(34-22)15-5-9-23(32-3)25(11-15)33-4/h5-14H,1-4H3. The van der Waals surface area contributed by atoms with Crippen molar-refractivity contribution < 1.29 is 28.3 Å². The van der Waals surface area contributed by atoms with E-state index in [0.717, 1.165) is 5.56 Å². The largest absolute Gasteiger partial charge is 0.497 e. The summed E-state index contributed by atoms with van der Waals surface area (Å²) in [5.41, 5.74) is 1.25. The molecule has 0 saturated heterocycles. The predicted molar refractivity (Wildman–Crippen MR) is 126 cm³/mol. The van der Waals surface area contributed by atoms with Crippen molar-refractivity contribution in [1.82, 2.24) is 0 Å². The van der Waals surface area contributed by atoms with E-state index in [1.807, 2.05) is 6.07 Å². The normalized spacial score (nSPS) is 11.4. The van der Waals surface area contributed by atoms with Gasteiger partial charge in [-0.15, -0.1) is 0 Å². The van der Waals surface area contributed by atoms with Gasteiger partial charge in [-0.1, -0.05) is 0 Å². The van der Waals surface area contributed by atoms with Gasteiger partial charge < -0.3 is 23.4 Å². The van der Waals surface area contributed by atoms with E-state index in [-0.39, 0.29) is 11.4 Å². The maximum Gasteiger partial charge on any atom is 0.298 e. The fourth-order valence-corrected chi connectivity index (χ4v) is 3.50. The average Bonchev–Trinajstić information content (AvgIpc) is 2.87. The van der Waals surface area contributed by atoms with Gasteiger partial charge in [-0.2, -0.15) is 0 Å². The zero-order chi connectivity index (χ0) is 24.2. The number of benzene rings is 3. The van der Waals surface area contributed by atoms with Crippen LogP contribution in [0.1, 0.15) is 0 Å². The molecule has 0 aliphatic heterocycles. The number of methoxy groups -OCH3 is 4. The fraction of sp³-hybridized carbons (Fsp3) is 0.160. The molecule has 0 unspecified atom stereocenters. The molecule has 34 heavy (non-hydrogen) atoms. The minimum Gasteiger partial charge on any atom is -0.497 e. The summed E-state index contributed by atoms with van der Waals surface area (Å²) in [4.78, 5) is 15.8. The highest BCUT2D eigenvalue weighted by atomic mass is 16.6. The first kappa shape index (κ1) is 22.7. The monoisotopic (exact) mass is 462 g/mol. The van der Waals surface area contributed by atoms with Gasteiger partial charge in [0.1, 0.15) is 28.5 Å². The fourth-order valence-electron chi connectivity index (χ4n) is 3.50. The summed E-state index contributed by atoms with van der Waals surface area (Å²) in [5.74, 6) is 2.58. The minimum absolute atomic E-state index is 0.177. The molecule has 174 valence electrons. The van der Waals surface area contributed by atoms with E-state index in [4.69, 9.17) is 23.4 Å². The number of fused-ring (bicyclic) bond motifs is 1. The molecule has 4 aromatic rings. The van der Waals surface area contributed by atoms with Crippen molar-refractivity contribution in [2.24, 2.45) is 4.99 Å². The molecule has 0 aliphatic carbocycles. The van der Waals surface area contributed by atoms with Crippen LogP contribution >= 0.6 is 0 Å². The number of ether oxygens (including phenoxy) is 4. The summed E-state index contributed by atoms with van der Waals surface area (Å²) in [5, 5.41) is 12.8. The molecular weight excluding hydrogens is 440 g/mol. The van der Waals surface area contributed by atoms with Gasteiger partial charge >= 0.3 is 0 Å². The Morgan fingerprint density at radius 3 is 2.18 bits per heavy atom. The lowest BCUT2D eigenvalue weighted by Crippen LogP contribution is -2.04. The molecule has 0 amide bonds. The van der Waals surface area contributed by atoms with Crippen molar-refractivity contribution in [3.63, 3.8) is 0 Å². The highest BCUT2D eigenvalue weighted by Crippen LogP contribution is 2.34. The Morgan fingerprint density at radius 1 is 0.794 bits per heavy atom. The Hall–Kier alpha value is -4.53. The molecule has 4 rings (SSSR count). The van der Waals surface area contributed by atoms with E-state index in [1.54, 1.807) is 69.9 Å². The van der Waals surface area contributed by atoms with Crippen LogP contribution in [0.4, 0.5) is 11.4 Å². The van der Waals surface area contributed by atoms with Crippen LogP contribution in [-0.4, -0.2) is 33.4 Å². The molecule has 0 saturated carbocycles. The molecule has 9 nitrogen and oxygen atoms in total. The van der Waals surface area contributed by atoms with Crippen LogP contribution in [0.2, 0.25) is 0 Å². The van der Waals surface area contributed by atoms with E-state index >= 15 is 0 Å². The number of rotatable bonds is 7. The van der Waals surface area contributed by atoms with Crippen molar-refractivity contribution in [2.75, 3.05) is 28.4 Å². The molecular formula is C25H22N2O7. The molecule has 0 N–H and O–H groups in total. The van der Waals surface area contributed by atoms with E-state index < -0.39 is 4.92 Å². The van der Waals surface area contributed by atoms with Gasteiger partial charge in [-0.3, -0.25) is 10.1 Å². The first-order chi connectivity index (χ1) is 16.5. The van der Waals surface area contributed by atoms with Crippen molar-refractivity contribution in [1.29, 1.82) is 0 Å². The summed E-state index contributed by atoms with van der Waals surface area (Å²) < 4.78 is 27.4. The Kier molecular flexibility index (Phi) is 6.35. The summed E-state index contributed by atoms with van der Waals surface area (Å²) in [6.07, 6.45) is 0. The molecule has 0 radical (unpaired) electrons. The van der Waals surface area contributed by atoms with Crippen LogP contribution in [0.25, 0.3) is 22.3 Å². The van der Waals surface area contributed by atoms with Gasteiger partial charge in [-0.05, 0) is 48.5 Å². The number of nitrogens with zero attached hydrogens (tertiary/aromatic N) is 2. The second kappa shape index (κ2) is 9.53. The average molecular weight is 462 g/mol. The molecule has 3 aromatic carbocycles. The smallest absolute Gasteiger partial charge is 0.298 e. The van der Waals surface area contributed by atoms with Gasteiger partial charge in [0.25, 0.3) is 5.69 Å². The molecule has 1 aromatic heterocycles. The Labute approximate surface area is 194 Å². The number of nitro benzene ring substituents is 1. The summed E-state index contributed by atoms with van der Waals surface area (Å²) in [6, 6.07) is 16.9. The highest BCUT2D eigenvalue weighted by molar-refractivity contribution is 5.81. The van der Waals surface area contributed by atoms with E-state index in [0.29, 0.717) is 45.1 Å². The van der Waals surface area contributed by atoms with Crippen LogP contribution in [0, 0.1) is 10.1 Å². The lowest BCUT2D eigenvalue weighted by Gasteiger charge is -2.10. The highest BCUT2D eigenvalue weighted by Gasteiger charge is 2.16. The molecule has 1 heterocycles. The van der Waals surface area contributed by atoms with Gasteiger partial charge in [0.15, 0.2) is 11.5 Å². The lowest BCUT2D eigenvalue weighted by molar-refractivity contribution is -0.384. The van der Waals surface area contributed by atoms with Crippen molar-refractivity contribution in [3.05, 3.63) is 76.1 Å². The molecule has 0 spiro atoms. The molecule has 0 aliphatic rings. The number of nitro groups is 1. The summed E-state index contributed by atoms with van der Waals surface area (Å²) >= 11 is 0. The first-order valence-corrected chi connectivity index (χ1v) is 10.2. The maximum atomic E-state index is 11.7. The van der Waals surface area contributed by atoms with E-state index in [9.17, 15) is 10.1 Å². The Bertz CT molecular complexity index is 1440. The minimum atomic E-state index is -0.493. The topological polar surface area (TPSA) is 106 Å². The predicted octanol–water partition coefficient (Wildman–Crippen LogP) is 5.27. The van der Waals surface area contributed by atoms with Gasteiger partial charge in [0.05, 0.1) is 44.8 Å². The van der Waals surface area contributed by atoms with Crippen LogP contribution in [0.15, 0.2) is 70.1 Å². The SMILES string of the molecule is COc1ccc(N=c2cc(-c3ccc(OC)c(OC)c3)oc3ccc(OC)cc23)c([N+](=O)[O-])c1. The lowest BCUT2D eigenvalue weighted by atomic mass is 10.1. The zero-order valence-electron chi connectivity index (χ0n) is 19.0. The van der Waals surface area contributed by atoms with Crippen molar-refractivity contribution in [2.45, 2.75) is 0 Å². The Morgan fingerprint density at radius 2 is 1.50 bits per heavy atom. The van der Waals surface area contributed by atoms with E-state index in [1.165, 1.54) is 13.2 Å². The first-order valence-electron chi connectivity index (χ1n) is 10.2. The van der Waals surface area contributed by atoms with Gasteiger partial charge in [0.2, 0.25) is 0 Å². The zero-order valence-corrected chi connectivity index (χ0v) is 19.0. The molecule has 0 atom stereocenters. The van der Waals surface area contributed by atoms with Crippen LogP contribution < -0.4 is 24.3 Å². The van der Waals surface area contributed by atoms with Crippen molar-refractivity contribution >= 4 is 22.3 Å². The van der Waals surface area contributed by atoms with Crippen LogP contribution in [0.5, 0.6) is 23.0 Å². The second-order valence-electron chi connectivity index (χ2n) is 7.15. The second-order valence-corrected chi connectivity index (χ2v) is 7.15. The number of hydrogen-bond acceptors (Lipinski definition) is 8. The third-order valence-corrected chi connectivity index (χ3v) is 5.24. The van der Waals surface area contributed by atoms with Gasteiger partial charge in [0, 0.05) is 17.0 Å². The van der Waals surface area contributed by atoms with Crippen molar-refractivity contribution in [3.8, 4) is 34.3 Å². The molecule has 9 heteroatoms.